The van der Waals surface area contributed by atoms with E-state index >= 15 is 0 Å². The van der Waals surface area contributed by atoms with E-state index in [9.17, 15) is 0 Å². The van der Waals surface area contributed by atoms with Crippen LogP contribution in [0.5, 0.6) is 11.8 Å². The Morgan fingerprint density at radius 3 is 1.37 bits per heavy atom. The molecule has 0 aliphatic heterocycles. The van der Waals surface area contributed by atoms with E-state index in [0.29, 0.717) is 0 Å². The van der Waals surface area contributed by atoms with E-state index in [0.717, 1.165) is 0 Å². The van der Waals surface area contributed by atoms with Crippen LogP contribution in [-0.2, 0) is 0 Å². The summed E-state index contributed by atoms with van der Waals surface area (Å²) in [4.78, 5) is 7.76. The van der Waals surface area contributed by atoms with Gasteiger partial charge in [-0.3, -0.25) is 0 Å². The second kappa shape index (κ2) is 6.08. The zero-order valence-corrected chi connectivity index (χ0v) is 13.3. The van der Waals surface area contributed by atoms with Crippen molar-refractivity contribution in [3.63, 3.8) is 0 Å². The molecule has 0 fully saturated rings. The fraction of sp³-hybridized carbons (Fsp3) is 0. The maximum Gasteiger partial charge on any atom is 0.241 e. The highest BCUT2D eigenvalue weighted by Crippen LogP contribution is 2.40. The van der Waals surface area contributed by atoms with Crippen molar-refractivity contribution in [2.45, 2.75) is 0 Å². The highest BCUT2D eigenvalue weighted by atomic mass is 35.5. The normalized spacial score (nSPS) is 10.6. The molecule has 0 unspecified atom stereocenters. The lowest BCUT2D eigenvalue weighted by Gasteiger charge is -2.09. The third-order valence-corrected chi connectivity index (χ3v) is 4.41. The highest BCUT2D eigenvalue weighted by Gasteiger charge is 2.17. The summed E-state index contributed by atoms with van der Waals surface area (Å²) in [5, 5.41) is 0.713. The quantitative estimate of drug-likeness (QED) is 0.625. The van der Waals surface area contributed by atoms with Crippen LogP contribution < -0.4 is 4.74 Å². The molecular formula is C10H2Cl6N2O. The average molecular weight is 379 g/mol. The van der Waals surface area contributed by atoms with Crippen molar-refractivity contribution in [2.75, 3.05) is 0 Å². The molecule has 0 saturated heterocycles. The van der Waals surface area contributed by atoms with E-state index in [1.807, 2.05) is 0 Å². The van der Waals surface area contributed by atoms with Crippen molar-refractivity contribution in [1.82, 2.24) is 9.97 Å². The lowest BCUT2D eigenvalue weighted by atomic mass is 10.4. The minimum atomic E-state index is 0.00357. The van der Waals surface area contributed by atoms with Crippen LogP contribution in [0, 0.1) is 0 Å². The van der Waals surface area contributed by atoms with Crippen molar-refractivity contribution in [2.24, 2.45) is 0 Å². The van der Waals surface area contributed by atoms with Crippen LogP contribution in [0.15, 0.2) is 12.4 Å². The van der Waals surface area contributed by atoms with Gasteiger partial charge in [-0.1, -0.05) is 69.6 Å². The largest absolute Gasteiger partial charge is 0.417 e. The second-order valence-electron chi connectivity index (χ2n) is 3.18. The maximum absolute atomic E-state index is 5.94. The van der Waals surface area contributed by atoms with Gasteiger partial charge in [-0.2, -0.15) is 0 Å². The number of halogens is 6. The monoisotopic (exact) mass is 376 g/mol. The molecule has 0 saturated carbocycles. The first kappa shape index (κ1) is 15.2. The first-order chi connectivity index (χ1) is 8.91. The lowest BCUT2D eigenvalue weighted by Crippen LogP contribution is -1.94. The molecule has 0 aliphatic carbocycles. The molecular weight excluding hydrogens is 377 g/mol. The van der Waals surface area contributed by atoms with Crippen molar-refractivity contribution >= 4 is 69.6 Å². The number of pyridine rings is 2. The zero-order valence-electron chi connectivity index (χ0n) is 8.73. The summed E-state index contributed by atoms with van der Waals surface area (Å²) in [6.07, 6.45) is 2.58. The van der Waals surface area contributed by atoms with Crippen molar-refractivity contribution < 1.29 is 4.74 Å². The number of nitrogens with zero attached hydrogens (tertiary/aromatic N) is 2. The van der Waals surface area contributed by atoms with Gasteiger partial charge in [0, 0.05) is 0 Å². The lowest BCUT2D eigenvalue weighted by molar-refractivity contribution is 0.445. The summed E-state index contributed by atoms with van der Waals surface area (Å²) >= 11 is 35.1. The minimum Gasteiger partial charge on any atom is -0.417 e. The third kappa shape index (κ3) is 3.13. The summed E-state index contributed by atoms with van der Waals surface area (Å²) < 4.78 is 5.34. The minimum absolute atomic E-state index is 0.00357. The molecule has 100 valence electrons. The summed E-state index contributed by atoms with van der Waals surface area (Å²) in [6.45, 7) is 0. The molecule has 0 N–H and O–H groups in total. The molecule has 0 atom stereocenters. The van der Waals surface area contributed by atoms with Gasteiger partial charge >= 0.3 is 0 Å². The van der Waals surface area contributed by atoms with Crippen LogP contribution >= 0.6 is 69.6 Å². The van der Waals surface area contributed by atoms with Crippen LogP contribution in [-0.4, -0.2) is 9.97 Å². The van der Waals surface area contributed by atoms with E-state index in [2.05, 4.69) is 9.97 Å². The Bertz CT molecular complexity index is 593. The molecule has 0 spiro atoms. The topological polar surface area (TPSA) is 35.0 Å². The van der Waals surface area contributed by atoms with E-state index in [-0.39, 0.29) is 41.9 Å². The molecule has 0 aromatic carbocycles. The van der Waals surface area contributed by atoms with E-state index in [1.165, 1.54) is 12.4 Å². The first-order valence-electron chi connectivity index (χ1n) is 4.58. The van der Waals surface area contributed by atoms with Crippen LogP contribution in [0.1, 0.15) is 0 Å². The molecule has 0 amide bonds. The molecule has 0 aliphatic rings. The van der Waals surface area contributed by atoms with Crippen LogP contribution in [0.3, 0.4) is 0 Å². The Hall–Kier alpha value is -0.160. The van der Waals surface area contributed by atoms with Gasteiger partial charge in [-0.15, -0.1) is 0 Å². The average Bonchev–Trinajstić information content (AvgIpc) is 2.39. The third-order valence-electron chi connectivity index (χ3n) is 1.96. The Kier molecular flexibility index (Phi) is 4.88. The summed E-state index contributed by atoms with van der Waals surface area (Å²) in [5.74, 6) is 0.00714. The predicted octanol–water partition coefficient (Wildman–Crippen LogP) is 6.19. The van der Waals surface area contributed by atoms with E-state index in [1.54, 1.807) is 0 Å². The predicted molar refractivity (Wildman–Crippen MR) is 78.6 cm³/mol. The smallest absolute Gasteiger partial charge is 0.241 e. The number of rotatable bonds is 2. The fourth-order valence-electron chi connectivity index (χ4n) is 1.09. The number of aromatic nitrogens is 2. The van der Waals surface area contributed by atoms with Gasteiger partial charge in [0.15, 0.2) is 0 Å². The molecule has 3 nitrogen and oxygen atoms in total. The SMILES string of the molecule is Clc1cnc(Oc2ncc(Cl)c(Cl)c2Cl)c(Cl)c1Cl. The number of hydrogen-bond acceptors (Lipinski definition) is 3. The van der Waals surface area contributed by atoms with Crippen molar-refractivity contribution in [3.05, 3.63) is 42.5 Å². The molecule has 9 heteroatoms. The van der Waals surface area contributed by atoms with Gasteiger partial charge in [-0.25, -0.2) is 9.97 Å². The second-order valence-corrected chi connectivity index (χ2v) is 5.51. The van der Waals surface area contributed by atoms with E-state index in [4.69, 9.17) is 74.3 Å². The maximum atomic E-state index is 5.94. The van der Waals surface area contributed by atoms with Crippen LogP contribution in [0.2, 0.25) is 30.1 Å². The summed E-state index contributed by atoms with van der Waals surface area (Å²) in [5.41, 5.74) is 0. The molecule has 2 heterocycles. The molecule has 19 heavy (non-hydrogen) atoms. The van der Waals surface area contributed by atoms with Gasteiger partial charge in [0.25, 0.3) is 0 Å². The fourth-order valence-corrected chi connectivity index (χ4v) is 2.11. The van der Waals surface area contributed by atoms with E-state index < -0.39 is 0 Å². The first-order valence-corrected chi connectivity index (χ1v) is 6.85. The van der Waals surface area contributed by atoms with Gasteiger partial charge < -0.3 is 4.74 Å². The zero-order chi connectivity index (χ0) is 14.2. The van der Waals surface area contributed by atoms with Crippen molar-refractivity contribution in [1.29, 1.82) is 0 Å². The van der Waals surface area contributed by atoms with Gasteiger partial charge in [0.2, 0.25) is 11.8 Å². The standard InChI is InChI=1S/C10H2Cl6N2O/c11-3-1-17-9(7(15)5(3)13)19-10-8(16)6(14)4(12)2-18-10/h1-2H. The summed E-state index contributed by atoms with van der Waals surface area (Å²) in [6, 6.07) is 0. The molecule has 2 aromatic rings. The Labute approximate surface area is 138 Å². The molecule has 2 rings (SSSR count). The highest BCUT2D eigenvalue weighted by molar-refractivity contribution is 6.49. The van der Waals surface area contributed by atoms with Gasteiger partial charge in [-0.05, 0) is 0 Å². The Balaban J connectivity index is 2.43. The summed E-state index contributed by atoms with van der Waals surface area (Å²) in [7, 11) is 0. The van der Waals surface area contributed by atoms with Crippen molar-refractivity contribution in [3.8, 4) is 11.8 Å². The molecule has 0 radical (unpaired) electrons. The Morgan fingerprint density at radius 2 is 1.00 bits per heavy atom. The van der Waals surface area contributed by atoms with Gasteiger partial charge in [0.05, 0.1) is 32.5 Å². The number of hydrogen-bond donors (Lipinski definition) is 0. The molecule has 0 bridgehead atoms. The van der Waals surface area contributed by atoms with Crippen LogP contribution in [0.4, 0.5) is 0 Å². The Morgan fingerprint density at radius 1 is 0.632 bits per heavy atom. The van der Waals surface area contributed by atoms with Gasteiger partial charge in [0.1, 0.15) is 10.0 Å². The molecule has 2 aromatic heterocycles. The van der Waals surface area contributed by atoms with Crippen LogP contribution in [0.25, 0.3) is 0 Å². The number of ether oxygens (including phenoxy) is 1.